The first-order valence-electron chi connectivity index (χ1n) is 13.5. The van der Waals surface area contributed by atoms with E-state index in [1.807, 2.05) is 22.4 Å². The number of pyridine rings is 1. The number of rotatable bonds is 9. The molecule has 0 radical (unpaired) electrons. The highest BCUT2D eigenvalue weighted by Crippen LogP contribution is 2.30. The predicted octanol–water partition coefficient (Wildman–Crippen LogP) is 3.17. The van der Waals surface area contributed by atoms with Crippen molar-refractivity contribution in [1.82, 2.24) is 15.2 Å². The van der Waals surface area contributed by atoms with Crippen molar-refractivity contribution >= 4 is 46.4 Å². The molecule has 12 heteroatoms. The van der Waals surface area contributed by atoms with E-state index in [9.17, 15) is 24.3 Å². The van der Waals surface area contributed by atoms with Crippen LogP contribution in [0.2, 0.25) is 0 Å². The van der Waals surface area contributed by atoms with Crippen molar-refractivity contribution in [2.75, 3.05) is 43.0 Å². The van der Waals surface area contributed by atoms with E-state index in [1.54, 1.807) is 36.5 Å². The SMILES string of the molecule is O=C(O)CC(NC(=O)c1ccc(N2CCN(C(=O)c3cccs3)CC2)c(NC(=O)C2CCCO2)c1)c1cccnc1. The number of benzene rings is 1. The first-order valence-corrected chi connectivity index (χ1v) is 14.3. The lowest BCUT2D eigenvalue weighted by atomic mass is 10.0. The first-order chi connectivity index (χ1) is 19.9. The fraction of sp³-hybridized carbons (Fsp3) is 0.345. The number of hydrogen-bond acceptors (Lipinski definition) is 8. The number of piperazine rings is 1. The second kappa shape index (κ2) is 12.9. The van der Waals surface area contributed by atoms with Gasteiger partial charge in [-0.05, 0) is 54.1 Å². The Balaban J connectivity index is 1.35. The van der Waals surface area contributed by atoms with E-state index in [0.29, 0.717) is 55.3 Å². The molecule has 3 amide bonds. The number of carboxylic acid groups (broad SMARTS) is 1. The average Bonchev–Trinajstić information content (AvgIpc) is 3.72. The normalized spacial score (nSPS) is 17.6. The van der Waals surface area contributed by atoms with Crippen molar-refractivity contribution in [3.63, 3.8) is 0 Å². The third-order valence-corrected chi connectivity index (χ3v) is 8.01. The van der Waals surface area contributed by atoms with Crippen LogP contribution < -0.4 is 15.5 Å². The van der Waals surface area contributed by atoms with Crippen molar-refractivity contribution in [2.45, 2.75) is 31.4 Å². The van der Waals surface area contributed by atoms with Crippen molar-refractivity contribution in [3.8, 4) is 0 Å². The van der Waals surface area contributed by atoms with Crippen LogP contribution in [0.5, 0.6) is 0 Å². The summed E-state index contributed by atoms with van der Waals surface area (Å²) in [4.78, 5) is 59.2. The molecule has 3 N–H and O–H groups in total. The number of aliphatic carboxylic acids is 1. The fourth-order valence-electron chi connectivity index (χ4n) is 5.01. The molecule has 2 aromatic heterocycles. The third kappa shape index (κ3) is 6.90. The summed E-state index contributed by atoms with van der Waals surface area (Å²) in [6, 6.07) is 11.3. The lowest BCUT2D eigenvalue weighted by Crippen LogP contribution is -2.49. The van der Waals surface area contributed by atoms with Crippen LogP contribution in [0.15, 0.2) is 60.2 Å². The van der Waals surface area contributed by atoms with Crippen LogP contribution in [-0.4, -0.2) is 77.6 Å². The van der Waals surface area contributed by atoms with Gasteiger partial charge in [0.05, 0.1) is 28.7 Å². The Morgan fingerprint density at radius 3 is 2.59 bits per heavy atom. The topological polar surface area (TPSA) is 141 Å². The van der Waals surface area contributed by atoms with Gasteiger partial charge < -0.3 is 30.3 Å². The van der Waals surface area contributed by atoms with Crippen molar-refractivity contribution < 1.29 is 29.0 Å². The summed E-state index contributed by atoms with van der Waals surface area (Å²) in [5, 5.41) is 17.0. The van der Waals surface area contributed by atoms with Gasteiger partial charge in [-0.1, -0.05) is 12.1 Å². The smallest absolute Gasteiger partial charge is 0.305 e. The third-order valence-electron chi connectivity index (χ3n) is 7.15. The zero-order valence-corrected chi connectivity index (χ0v) is 23.1. The summed E-state index contributed by atoms with van der Waals surface area (Å²) in [6.45, 7) is 2.65. The van der Waals surface area contributed by atoms with Crippen LogP contribution >= 0.6 is 11.3 Å². The Kier molecular flexibility index (Phi) is 8.90. The molecule has 2 saturated heterocycles. The van der Waals surface area contributed by atoms with Crippen LogP contribution in [-0.2, 0) is 14.3 Å². The quantitative estimate of drug-likeness (QED) is 0.352. The molecule has 2 fully saturated rings. The second-order valence-electron chi connectivity index (χ2n) is 9.89. The van der Waals surface area contributed by atoms with Gasteiger partial charge in [-0.2, -0.15) is 0 Å². The molecule has 2 unspecified atom stereocenters. The molecule has 2 aliphatic rings. The van der Waals surface area contributed by atoms with Gasteiger partial charge in [0.2, 0.25) is 0 Å². The number of nitrogens with one attached hydrogen (secondary N) is 2. The Morgan fingerprint density at radius 2 is 1.93 bits per heavy atom. The first kappa shape index (κ1) is 28.2. The van der Waals surface area contributed by atoms with Gasteiger partial charge in [-0.3, -0.25) is 24.2 Å². The molecule has 2 aliphatic heterocycles. The number of nitrogens with zero attached hydrogens (tertiary/aromatic N) is 3. The molecule has 41 heavy (non-hydrogen) atoms. The Morgan fingerprint density at radius 1 is 1.10 bits per heavy atom. The maximum Gasteiger partial charge on any atom is 0.305 e. The zero-order chi connectivity index (χ0) is 28.8. The summed E-state index contributed by atoms with van der Waals surface area (Å²) in [5.41, 5.74) is 2.02. The molecular formula is C29H31N5O6S. The minimum absolute atomic E-state index is 0.00288. The highest BCUT2D eigenvalue weighted by molar-refractivity contribution is 7.12. The highest BCUT2D eigenvalue weighted by Gasteiger charge is 2.28. The van der Waals surface area contributed by atoms with Crippen molar-refractivity contribution in [3.05, 3.63) is 76.2 Å². The molecule has 1 aromatic carbocycles. The minimum atomic E-state index is -1.06. The molecule has 0 saturated carbocycles. The van der Waals surface area contributed by atoms with E-state index in [4.69, 9.17) is 4.74 Å². The summed E-state index contributed by atoms with van der Waals surface area (Å²) >= 11 is 1.42. The summed E-state index contributed by atoms with van der Waals surface area (Å²) in [7, 11) is 0. The monoisotopic (exact) mass is 577 g/mol. The largest absolute Gasteiger partial charge is 0.481 e. The lowest BCUT2D eigenvalue weighted by molar-refractivity contribution is -0.137. The molecule has 0 spiro atoms. The maximum atomic E-state index is 13.3. The summed E-state index contributed by atoms with van der Waals surface area (Å²) < 4.78 is 5.55. The van der Waals surface area contributed by atoms with Crippen LogP contribution in [0.3, 0.4) is 0 Å². The summed E-state index contributed by atoms with van der Waals surface area (Å²) in [5.74, 6) is -1.82. The zero-order valence-electron chi connectivity index (χ0n) is 22.3. The molecule has 0 bridgehead atoms. The molecule has 3 aromatic rings. The number of anilines is 2. The number of carboxylic acids is 1. The van der Waals surface area contributed by atoms with E-state index >= 15 is 0 Å². The van der Waals surface area contributed by atoms with Gasteiger partial charge in [0.25, 0.3) is 17.7 Å². The molecule has 2 atom stereocenters. The van der Waals surface area contributed by atoms with Crippen LogP contribution in [0, 0.1) is 0 Å². The van der Waals surface area contributed by atoms with E-state index < -0.39 is 24.0 Å². The Hall–Kier alpha value is -4.29. The van der Waals surface area contributed by atoms with Crippen LogP contribution in [0.4, 0.5) is 11.4 Å². The second-order valence-corrected chi connectivity index (χ2v) is 10.8. The van der Waals surface area contributed by atoms with Crippen LogP contribution in [0.1, 0.15) is 50.9 Å². The van der Waals surface area contributed by atoms with E-state index in [2.05, 4.69) is 20.5 Å². The minimum Gasteiger partial charge on any atom is -0.481 e. The molecule has 11 nitrogen and oxygen atoms in total. The lowest BCUT2D eigenvalue weighted by Gasteiger charge is -2.37. The molecule has 5 rings (SSSR count). The number of carbonyl (C=O) groups is 4. The van der Waals surface area contributed by atoms with E-state index in [1.165, 1.54) is 17.5 Å². The molecule has 214 valence electrons. The fourth-order valence-corrected chi connectivity index (χ4v) is 5.70. The van der Waals surface area contributed by atoms with Crippen molar-refractivity contribution in [1.29, 1.82) is 0 Å². The van der Waals surface area contributed by atoms with Gasteiger partial charge >= 0.3 is 5.97 Å². The van der Waals surface area contributed by atoms with Crippen molar-refractivity contribution in [2.24, 2.45) is 0 Å². The van der Waals surface area contributed by atoms with Gasteiger partial charge in [0, 0.05) is 50.7 Å². The molecular weight excluding hydrogens is 546 g/mol. The van der Waals surface area contributed by atoms with Crippen LogP contribution in [0.25, 0.3) is 0 Å². The molecule has 0 aliphatic carbocycles. The Labute approximate surface area is 241 Å². The number of hydrogen-bond donors (Lipinski definition) is 3. The van der Waals surface area contributed by atoms with Gasteiger partial charge in [0.1, 0.15) is 6.10 Å². The highest BCUT2D eigenvalue weighted by atomic mass is 32.1. The summed E-state index contributed by atoms with van der Waals surface area (Å²) in [6.07, 6.45) is 3.63. The van der Waals surface area contributed by atoms with E-state index in [-0.39, 0.29) is 23.8 Å². The number of aromatic nitrogens is 1. The number of thiophene rings is 1. The number of ether oxygens (including phenoxy) is 1. The van der Waals surface area contributed by atoms with Gasteiger partial charge in [-0.25, -0.2) is 0 Å². The van der Waals surface area contributed by atoms with Gasteiger partial charge in [0.15, 0.2) is 0 Å². The Bertz CT molecular complexity index is 1390. The van der Waals surface area contributed by atoms with E-state index in [0.717, 1.165) is 12.1 Å². The standard InChI is InChI=1S/C29H31N5O6S/c35-26(36)17-21(20-4-1-9-30-18-20)31-27(37)19-7-8-23(22(16-19)32-28(38)24-5-2-14-40-24)33-10-12-34(13-11-33)29(39)25-6-3-15-41-25/h1,3-4,6-9,15-16,18,21,24H,2,5,10-14,17H2,(H,31,37)(H,32,38)(H,35,36). The predicted molar refractivity (Wildman–Crippen MR) is 153 cm³/mol. The number of amides is 3. The molecule has 4 heterocycles. The van der Waals surface area contributed by atoms with Gasteiger partial charge in [-0.15, -0.1) is 11.3 Å². The maximum absolute atomic E-state index is 13.3. The average molecular weight is 578 g/mol. The number of carbonyl (C=O) groups excluding carboxylic acids is 3.